The fraction of sp³-hybridized carbons (Fsp3) is 0.273. The Morgan fingerprint density at radius 3 is 2.57 bits per heavy atom. The molecular weight excluding hydrogens is 198 g/mol. The van der Waals surface area contributed by atoms with E-state index in [1.165, 1.54) is 0 Å². The van der Waals surface area contributed by atoms with E-state index in [9.17, 15) is 0 Å². The van der Waals surface area contributed by atoms with Gasteiger partial charge in [-0.25, -0.2) is 0 Å². The largest absolute Gasteiger partial charge is 0.373 e. The fourth-order valence-electron chi connectivity index (χ4n) is 0.990. The van der Waals surface area contributed by atoms with Gasteiger partial charge in [0.15, 0.2) is 0 Å². The lowest BCUT2D eigenvalue weighted by atomic mass is 10.2. The predicted molar refractivity (Wildman–Crippen MR) is 59.3 cm³/mol. The van der Waals surface area contributed by atoms with Crippen LogP contribution in [0.3, 0.4) is 0 Å². The summed E-state index contributed by atoms with van der Waals surface area (Å²) in [4.78, 5) is 0. The molecule has 0 aromatic heterocycles. The highest BCUT2D eigenvalue weighted by Gasteiger charge is 1.91. The molecule has 0 atom stereocenters. The van der Waals surface area contributed by atoms with E-state index in [1.54, 1.807) is 0 Å². The van der Waals surface area contributed by atoms with Crippen molar-refractivity contribution >= 4 is 11.6 Å². The third-order valence-electron chi connectivity index (χ3n) is 1.70. The molecule has 0 radical (unpaired) electrons. The molecule has 1 rings (SSSR count). The molecule has 76 valence electrons. The second kappa shape index (κ2) is 6.60. The normalized spacial score (nSPS) is 11.0. The third-order valence-corrected chi connectivity index (χ3v) is 1.95. The van der Waals surface area contributed by atoms with Crippen molar-refractivity contribution in [3.63, 3.8) is 0 Å². The summed E-state index contributed by atoms with van der Waals surface area (Å²) in [6.45, 7) is 1.76. The van der Waals surface area contributed by atoms with Gasteiger partial charge in [-0.1, -0.05) is 35.9 Å². The van der Waals surface area contributed by atoms with Gasteiger partial charge in [0.1, 0.15) is 0 Å². The van der Waals surface area contributed by atoms with Crippen molar-refractivity contribution in [2.24, 2.45) is 5.73 Å². The molecule has 0 aliphatic heterocycles. The zero-order chi connectivity index (χ0) is 10.2. The summed E-state index contributed by atoms with van der Waals surface area (Å²) in [6.07, 6.45) is 3.79. The highest BCUT2D eigenvalue weighted by Crippen LogP contribution is 2.09. The van der Waals surface area contributed by atoms with Crippen molar-refractivity contribution in [2.75, 3.05) is 13.2 Å². The first-order valence-corrected chi connectivity index (χ1v) is 4.88. The van der Waals surface area contributed by atoms with Crippen LogP contribution in [0, 0.1) is 0 Å². The summed E-state index contributed by atoms with van der Waals surface area (Å²) in [5, 5.41) is 0.747. The second-order valence-corrected chi connectivity index (χ2v) is 3.29. The summed E-state index contributed by atoms with van der Waals surface area (Å²) >= 11 is 5.75. The van der Waals surface area contributed by atoms with Crippen LogP contribution in [0.1, 0.15) is 5.56 Å². The van der Waals surface area contributed by atoms with Crippen LogP contribution < -0.4 is 5.73 Å². The van der Waals surface area contributed by atoms with E-state index >= 15 is 0 Å². The van der Waals surface area contributed by atoms with Crippen molar-refractivity contribution in [3.8, 4) is 0 Å². The molecule has 0 fully saturated rings. The minimum atomic E-state index is 0.560. The summed E-state index contributed by atoms with van der Waals surface area (Å²) < 4.78 is 5.38. The molecule has 0 amide bonds. The SMILES string of the molecule is NCC=CCOCc1ccc(Cl)cc1. The minimum Gasteiger partial charge on any atom is -0.373 e. The number of nitrogens with two attached hydrogens (primary N) is 1. The van der Waals surface area contributed by atoms with Gasteiger partial charge in [-0.05, 0) is 17.7 Å². The highest BCUT2D eigenvalue weighted by atomic mass is 35.5. The summed E-state index contributed by atoms with van der Waals surface area (Å²) in [7, 11) is 0. The van der Waals surface area contributed by atoms with E-state index in [0.29, 0.717) is 19.8 Å². The lowest BCUT2D eigenvalue weighted by Gasteiger charge is -2.01. The highest BCUT2D eigenvalue weighted by molar-refractivity contribution is 6.30. The minimum absolute atomic E-state index is 0.560. The molecular formula is C11H14ClNO. The van der Waals surface area contributed by atoms with Crippen LogP contribution in [0.2, 0.25) is 5.02 Å². The Labute approximate surface area is 89.3 Å². The van der Waals surface area contributed by atoms with Gasteiger partial charge in [0.2, 0.25) is 0 Å². The van der Waals surface area contributed by atoms with Gasteiger partial charge in [-0.3, -0.25) is 0 Å². The molecule has 3 heteroatoms. The molecule has 0 heterocycles. The standard InChI is InChI=1S/C11H14ClNO/c12-11-5-3-10(4-6-11)9-14-8-2-1-7-13/h1-6H,7-9,13H2. The van der Waals surface area contributed by atoms with Crippen LogP contribution in [-0.2, 0) is 11.3 Å². The molecule has 0 saturated carbocycles. The van der Waals surface area contributed by atoms with E-state index in [1.807, 2.05) is 36.4 Å². The molecule has 2 N–H and O–H groups in total. The van der Waals surface area contributed by atoms with Crippen molar-refractivity contribution in [3.05, 3.63) is 47.0 Å². The van der Waals surface area contributed by atoms with Gasteiger partial charge in [0.25, 0.3) is 0 Å². The Morgan fingerprint density at radius 1 is 1.21 bits per heavy atom. The van der Waals surface area contributed by atoms with E-state index < -0.39 is 0 Å². The zero-order valence-corrected chi connectivity index (χ0v) is 8.70. The van der Waals surface area contributed by atoms with Crippen LogP contribution >= 0.6 is 11.6 Å². The molecule has 0 aliphatic rings. The van der Waals surface area contributed by atoms with E-state index in [4.69, 9.17) is 22.1 Å². The monoisotopic (exact) mass is 211 g/mol. The maximum atomic E-state index is 5.75. The van der Waals surface area contributed by atoms with Crippen molar-refractivity contribution in [1.82, 2.24) is 0 Å². The van der Waals surface area contributed by atoms with Gasteiger partial charge in [-0.15, -0.1) is 0 Å². The average Bonchev–Trinajstić information content (AvgIpc) is 2.21. The number of benzene rings is 1. The van der Waals surface area contributed by atoms with Gasteiger partial charge in [0, 0.05) is 11.6 Å². The number of hydrogen-bond donors (Lipinski definition) is 1. The van der Waals surface area contributed by atoms with Crippen LogP contribution in [0.4, 0.5) is 0 Å². The molecule has 0 spiro atoms. The van der Waals surface area contributed by atoms with Crippen molar-refractivity contribution in [2.45, 2.75) is 6.61 Å². The lowest BCUT2D eigenvalue weighted by molar-refractivity contribution is 0.148. The summed E-state index contributed by atoms with van der Waals surface area (Å²) in [5.74, 6) is 0. The zero-order valence-electron chi connectivity index (χ0n) is 7.95. The van der Waals surface area contributed by atoms with Gasteiger partial charge >= 0.3 is 0 Å². The molecule has 2 nitrogen and oxygen atoms in total. The number of halogens is 1. The first-order chi connectivity index (χ1) is 6.83. The Bertz CT molecular complexity index is 282. The third kappa shape index (κ3) is 4.42. The number of ether oxygens (including phenoxy) is 1. The molecule has 0 bridgehead atoms. The molecule has 0 aliphatic carbocycles. The van der Waals surface area contributed by atoms with Crippen LogP contribution in [0.25, 0.3) is 0 Å². The maximum Gasteiger partial charge on any atom is 0.0721 e. The summed E-state index contributed by atoms with van der Waals surface area (Å²) in [5.41, 5.74) is 6.40. The quantitative estimate of drug-likeness (QED) is 0.600. The first kappa shape index (κ1) is 11.2. The Morgan fingerprint density at radius 2 is 1.93 bits per heavy atom. The van der Waals surface area contributed by atoms with Crippen molar-refractivity contribution < 1.29 is 4.74 Å². The maximum absolute atomic E-state index is 5.75. The van der Waals surface area contributed by atoms with Crippen LogP contribution in [-0.4, -0.2) is 13.2 Å². The Hall–Kier alpha value is -0.830. The van der Waals surface area contributed by atoms with Gasteiger partial charge in [0.05, 0.1) is 13.2 Å². The fourth-order valence-corrected chi connectivity index (χ4v) is 1.12. The smallest absolute Gasteiger partial charge is 0.0721 e. The topological polar surface area (TPSA) is 35.2 Å². The molecule has 1 aromatic rings. The van der Waals surface area contributed by atoms with Gasteiger partial charge in [-0.2, -0.15) is 0 Å². The van der Waals surface area contributed by atoms with Crippen LogP contribution in [0.15, 0.2) is 36.4 Å². The second-order valence-electron chi connectivity index (χ2n) is 2.85. The molecule has 1 aromatic carbocycles. The number of rotatable bonds is 5. The molecule has 0 unspecified atom stereocenters. The Balaban J connectivity index is 2.25. The Kier molecular flexibility index (Phi) is 5.30. The predicted octanol–water partition coefficient (Wildman–Crippen LogP) is 2.37. The average molecular weight is 212 g/mol. The van der Waals surface area contributed by atoms with Crippen molar-refractivity contribution in [1.29, 1.82) is 0 Å². The van der Waals surface area contributed by atoms with E-state index in [2.05, 4.69) is 0 Å². The van der Waals surface area contributed by atoms with Crippen LogP contribution in [0.5, 0.6) is 0 Å². The van der Waals surface area contributed by atoms with E-state index in [-0.39, 0.29) is 0 Å². The molecule has 0 saturated heterocycles. The number of hydrogen-bond acceptors (Lipinski definition) is 2. The first-order valence-electron chi connectivity index (χ1n) is 4.50. The van der Waals surface area contributed by atoms with E-state index in [0.717, 1.165) is 10.6 Å². The lowest BCUT2D eigenvalue weighted by Crippen LogP contribution is -1.95. The summed E-state index contributed by atoms with van der Waals surface area (Å²) in [6, 6.07) is 7.62. The molecule has 14 heavy (non-hydrogen) atoms. The van der Waals surface area contributed by atoms with Gasteiger partial charge < -0.3 is 10.5 Å².